The van der Waals surface area contributed by atoms with Gasteiger partial charge in [0.15, 0.2) is 6.29 Å². The molecule has 2 rings (SSSR count). The van der Waals surface area contributed by atoms with Crippen molar-refractivity contribution in [2.45, 2.75) is 6.29 Å². The van der Waals surface area contributed by atoms with Crippen LogP contribution in [-0.4, -0.2) is 42.0 Å². The molecule has 0 aliphatic rings. The Balaban J connectivity index is 2.33. The van der Waals surface area contributed by atoms with Crippen molar-refractivity contribution in [3.05, 3.63) is 35.8 Å². The maximum absolute atomic E-state index is 9.18. The van der Waals surface area contributed by atoms with Gasteiger partial charge in [-0.2, -0.15) is 10.5 Å². The minimum atomic E-state index is -0.586. The predicted molar refractivity (Wildman–Crippen MR) is 81.1 cm³/mol. The number of nitriles is 1. The van der Waals surface area contributed by atoms with Crippen molar-refractivity contribution < 1.29 is 14.2 Å². The van der Waals surface area contributed by atoms with Gasteiger partial charge in [-0.25, -0.2) is 0 Å². The van der Waals surface area contributed by atoms with Gasteiger partial charge in [0.05, 0.1) is 7.11 Å². The second-order valence-electron chi connectivity index (χ2n) is 4.31. The molecule has 0 atom stereocenters. The Morgan fingerprint density at radius 1 is 1.35 bits per heavy atom. The smallest absolute Gasteiger partial charge is 0.216 e. The molecular formula is C14H16N6O3. The predicted octanol–water partition coefficient (Wildman–Crippen LogP) is 1.48. The molecule has 1 heterocycles. The van der Waals surface area contributed by atoms with Gasteiger partial charge in [-0.05, 0) is 23.4 Å². The van der Waals surface area contributed by atoms with Crippen molar-refractivity contribution in [2.75, 3.05) is 26.6 Å². The number of nitrogens with zero attached hydrogens (tertiary/aromatic N) is 4. The van der Waals surface area contributed by atoms with Gasteiger partial charge in [-0.1, -0.05) is 0 Å². The molecule has 23 heavy (non-hydrogen) atoms. The third kappa shape index (κ3) is 3.82. The third-order valence-corrected chi connectivity index (χ3v) is 3.02. The fraction of sp³-hybridized carbons (Fsp3) is 0.286. The number of H-pyrrole nitrogens is 1. The van der Waals surface area contributed by atoms with E-state index in [0.29, 0.717) is 11.4 Å². The van der Waals surface area contributed by atoms with Crippen molar-refractivity contribution in [1.82, 2.24) is 20.6 Å². The van der Waals surface area contributed by atoms with Gasteiger partial charge >= 0.3 is 0 Å². The molecule has 9 nitrogen and oxygen atoms in total. The summed E-state index contributed by atoms with van der Waals surface area (Å²) in [6.07, 6.45) is 0.898. The van der Waals surface area contributed by atoms with Crippen LogP contribution < -0.4 is 10.1 Å². The number of benzene rings is 1. The average molecular weight is 316 g/mol. The highest BCUT2D eigenvalue weighted by Crippen LogP contribution is 2.30. The lowest BCUT2D eigenvalue weighted by Gasteiger charge is -2.18. The van der Waals surface area contributed by atoms with Crippen molar-refractivity contribution in [2.24, 2.45) is 0 Å². The van der Waals surface area contributed by atoms with Crippen LogP contribution in [0, 0.1) is 11.3 Å². The van der Waals surface area contributed by atoms with E-state index < -0.39 is 6.29 Å². The van der Waals surface area contributed by atoms with E-state index in [1.807, 2.05) is 6.07 Å². The van der Waals surface area contributed by atoms with E-state index >= 15 is 0 Å². The fourth-order valence-electron chi connectivity index (χ4n) is 1.92. The Morgan fingerprint density at radius 3 is 2.70 bits per heavy atom. The maximum atomic E-state index is 9.18. The Kier molecular flexibility index (Phi) is 5.62. The fourth-order valence-corrected chi connectivity index (χ4v) is 1.92. The second kappa shape index (κ2) is 7.88. The molecule has 0 radical (unpaired) electrons. The van der Waals surface area contributed by atoms with Crippen molar-refractivity contribution in [1.29, 1.82) is 5.26 Å². The highest BCUT2D eigenvalue weighted by molar-refractivity contribution is 5.74. The molecule has 0 spiro atoms. The molecule has 2 aromatic rings. The molecular weight excluding hydrogens is 300 g/mol. The molecule has 1 aromatic heterocycles. The summed E-state index contributed by atoms with van der Waals surface area (Å²) in [6, 6.07) is 7.36. The van der Waals surface area contributed by atoms with E-state index in [-0.39, 0.29) is 11.4 Å². The number of aromatic amines is 1. The van der Waals surface area contributed by atoms with E-state index in [1.165, 1.54) is 20.4 Å². The number of hydrogen-bond acceptors (Lipinski definition) is 8. The first-order chi connectivity index (χ1) is 11.2. The molecule has 0 saturated carbocycles. The molecule has 0 amide bonds. The standard InChI is InChI=1S/C14H16N6O3/c1-21-10-4-5-12(11(6-10)14(22-2)23-3)16-8-9(7-15)13-17-19-20-18-13/h4-6,8,14,16H,1-3H3,(H,17,18,19,20). The molecule has 1 aromatic carbocycles. The number of allylic oxidation sites excluding steroid dienone is 1. The summed E-state index contributed by atoms with van der Waals surface area (Å²) in [5.74, 6) is 0.859. The molecule has 120 valence electrons. The zero-order chi connectivity index (χ0) is 16.7. The first-order valence-electron chi connectivity index (χ1n) is 6.57. The first kappa shape index (κ1) is 16.4. The number of nitrogens with one attached hydrogen (secondary N) is 2. The number of rotatable bonds is 7. The van der Waals surface area contributed by atoms with Crippen molar-refractivity contribution >= 4 is 11.3 Å². The molecule has 0 aliphatic heterocycles. The number of aromatic nitrogens is 4. The minimum absolute atomic E-state index is 0.199. The zero-order valence-electron chi connectivity index (χ0n) is 12.9. The number of ether oxygens (including phenoxy) is 3. The molecule has 0 aliphatic carbocycles. The number of tetrazole rings is 1. The topological polar surface area (TPSA) is 118 Å². The van der Waals surface area contributed by atoms with Crippen LogP contribution in [0.25, 0.3) is 5.57 Å². The van der Waals surface area contributed by atoms with Crippen LogP contribution in [0.3, 0.4) is 0 Å². The Bertz CT molecular complexity index is 704. The van der Waals surface area contributed by atoms with Crippen LogP contribution in [0.15, 0.2) is 24.4 Å². The minimum Gasteiger partial charge on any atom is -0.497 e. The SMILES string of the molecule is COc1ccc(NC=C(C#N)c2nn[nH]n2)c(C(OC)OC)c1. The Hall–Kier alpha value is -2.96. The first-order valence-corrected chi connectivity index (χ1v) is 6.57. The van der Waals surface area contributed by atoms with Gasteiger partial charge in [0.2, 0.25) is 5.82 Å². The highest BCUT2D eigenvalue weighted by Gasteiger charge is 2.15. The molecule has 0 saturated heterocycles. The van der Waals surface area contributed by atoms with Crippen LogP contribution >= 0.6 is 0 Å². The summed E-state index contributed by atoms with van der Waals surface area (Å²) < 4.78 is 15.8. The monoisotopic (exact) mass is 316 g/mol. The van der Waals surface area contributed by atoms with Gasteiger partial charge in [-0.15, -0.1) is 10.2 Å². The van der Waals surface area contributed by atoms with Gasteiger partial charge in [-0.3, -0.25) is 0 Å². The van der Waals surface area contributed by atoms with Gasteiger partial charge < -0.3 is 19.5 Å². The molecule has 9 heteroatoms. The summed E-state index contributed by atoms with van der Waals surface area (Å²) in [7, 11) is 4.64. The molecule has 2 N–H and O–H groups in total. The van der Waals surface area contributed by atoms with Crippen LogP contribution in [0.2, 0.25) is 0 Å². The highest BCUT2D eigenvalue weighted by atomic mass is 16.7. The van der Waals surface area contributed by atoms with Crippen LogP contribution in [0.4, 0.5) is 5.69 Å². The average Bonchev–Trinajstić information content (AvgIpc) is 3.12. The van der Waals surface area contributed by atoms with Crippen molar-refractivity contribution in [3.8, 4) is 11.8 Å². The lowest BCUT2D eigenvalue weighted by molar-refractivity contribution is -0.105. The second-order valence-corrected chi connectivity index (χ2v) is 4.31. The zero-order valence-corrected chi connectivity index (χ0v) is 12.9. The van der Waals surface area contributed by atoms with E-state index in [1.54, 1.807) is 25.3 Å². The van der Waals surface area contributed by atoms with E-state index in [9.17, 15) is 5.26 Å². The van der Waals surface area contributed by atoms with Gasteiger partial charge in [0.25, 0.3) is 0 Å². The largest absolute Gasteiger partial charge is 0.497 e. The molecule has 0 bridgehead atoms. The summed E-state index contributed by atoms with van der Waals surface area (Å²) in [5, 5.41) is 25.5. The lowest BCUT2D eigenvalue weighted by atomic mass is 10.1. The van der Waals surface area contributed by atoms with E-state index in [2.05, 4.69) is 25.9 Å². The number of methoxy groups -OCH3 is 3. The third-order valence-electron chi connectivity index (χ3n) is 3.02. The summed E-state index contributed by atoms with van der Waals surface area (Å²) in [6.45, 7) is 0. The molecule has 0 unspecified atom stereocenters. The molecule has 0 fully saturated rings. The van der Waals surface area contributed by atoms with E-state index in [4.69, 9.17) is 14.2 Å². The van der Waals surface area contributed by atoms with E-state index in [0.717, 1.165) is 5.56 Å². The van der Waals surface area contributed by atoms with Gasteiger partial charge in [0.1, 0.15) is 17.4 Å². The summed E-state index contributed by atoms with van der Waals surface area (Å²) in [4.78, 5) is 0. The van der Waals surface area contributed by atoms with Crippen LogP contribution in [0.5, 0.6) is 5.75 Å². The quantitative estimate of drug-likeness (QED) is 0.582. The number of hydrogen-bond donors (Lipinski definition) is 2. The summed E-state index contributed by atoms with van der Waals surface area (Å²) in [5.41, 5.74) is 1.64. The Morgan fingerprint density at radius 2 is 2.13 bits per heavy atom. The number of anilines is 1. The normalized spacial score (nSPS) is 11.3. The summed E-state index contributed by atoms with van der Waals surface area (Å²) >= 11 is 0. The Labute approximate surface area is 132 Å². The maximum Gasteiger partial charge on any atom is 0.216 e. The van der Waals surface area contributed by atoms with Crippen molar-refractivity contribution in [3.63, 3.8) is 0 Å². The van der Waals surface area contributed by atoms with Crippen LogP contribution in [-0.2, 0) is 9.47 Å². The van der Waals surface area contributed by atoms with Crippen LogP contribution in [0.1, 0.15) is 17.7 Å². The van der Waals surface area contributed by atoms with Gasteiger partial charge in [0, 0.05) is 31.7 Å². The lowest BCUT2D eigenvalue weighted by Crippen LogP contribution is -2.07.